The second kappa shape index (κ2) is 16.5. The zero-order chi connectivity index (χ0) is 40.5. The molecule has 0 spiro atoms. The van der Waals surface area contributed by atoms with Gasteiger partial charge in [-0.25, -0.2) is 19.2 Å². The van der Waals surface area contributed by atoms with E-state index in [0.717, 1.165) is 116 Å². The number of carbonyl (C=O) groups is 4. The number of fused-ring (bicyclic) bond motifs is 4. The highest BCUT2D eigenvalue weighted by molar-refractivity contribution is 6.44. The second-order valence-corrected chi connectivity index (χ2v) is 15.2. The van der Waals surface area contributed by atoms with Crippen molar-refractivity contribution < 1.29 is 38.1 Å². The molecule has 0 bridgehead atoms. The largest absolute Gasteiger partial charge is 0.462 e. The van der Waals surface area contributed by atoms with Gasteiger partial charge in [0.1, 0.15) is 0 Å². The van der Waals surface area contributed by atoms with Gasteiger partial charge >= 0.3 is 23.9 Å². The molecule has 0 amide bonds. The first kappa shape index (κ1) is 38.8. The summed E-state index contributed by atoms with van der Waals surface area (Å²) in [5, 5.41) is 12.3. The molecule has 0 aliphatic carbocycles. The lowest BCUT2D eigenvalue weighted by Gasteiger charge is -2.22. The lowest BCUT2D eigenvalue weighted by Crippen LogP contribution is -2.12. The number of hydrogen-bond acceptors (Lipinski definition) is 8. The van der Waals surface area contributed by atoms with Gasteiger partial charge in [0.2, 0.25) is 0 Å². The molecule has 58 heavy (non-hydrogen) atoms. The summed E-state index contributed by atoms with van der Waals surface area (Å²) in [5.74, 6) is -1.88. The fraction of sp³-hybridized carbons (Fsp3) is 0.320. The highest BCUT2D eigenvalue weighted by atomic mass is 16.5. The van der Waals surface area contributed by atoms with Crippen molar-refractivity contribution in [1.29, 1.82) is 0 Å². The monoisotopic (exact) mass is 776 g/mol. The molecule has 296 valence electrons. The molecular formula is C50H48O8. The van der Waals surface area contributed by atoms with Crippen LogP contribution in [-0.4, -0.2) is 50.3 Å². The van der Waals surface area contributed by atoms with Crippen molar-refractivity contribution in [3.8, 4) is 0 Å². The van der Waals surface area contributed by atoms with Crippen LogP contribution < -0.4 is 0 Å². The molecule has 8 rings (SSSR count). The lowest BCUT2D eigenvalue weighted by atomic mass is 9.82. The van der Waals surface area contributed by atoms with E-state index in [1.165, 1.54) is 0 Å². The zero-order valence-electron chi connectivity index (χ0n) is 33.7. The average molecular weight is 777 g/mol. The van der Waals surface area contributed by atoms with Gasteiger partial charge in [0.25, 0.3) is 0 Å². The molecule has 0 atom stereocenters. The number of hydrogen-bond donors (Lipinski definition) is 0. The van der Waals surface area contributed by atoms with Crippen LogP contribution in [-0.2, 0) is 18.9 Å². The number of unbranched alkanes of at least 4 members (excludes halogenated alkanes) is 4. The molecule has 0 saturated carbocycles. The minimum absolute atomic E-state index is 0.291. The van der Waals surface area contributed by atoms with Gasteiger partial charge < -0.3 is 18.9 Å². The van der Waals surface area contributed by atoms with E-state index in [1.54, 1.807) is 24.3 Å². The molecule has 0 heterocycles. The maximum atomic E-state index is 13.7. The summed E-state index contributed by atoms with van der Waals surface area (Å²) in [6.45, 7) is 9.33. The maximum absolute atomic E-state index is 13.7. The van der Waals surface area contributed by atoms with Crippen molar-refractivity contribution in [2.24, 2.45) is 0 Å². The third kappa shape index (κ3) is 6.48. The van der Waals surface area contributed by atoms with E-state index < -0.39 is 23.9 Å². The fourth-order valence-corrected chi connectivity index (χ4v) is 8.51. The van der Waals surface area contributed by atoms with Crippen LogP contribution in [0.15, 0.2) is 72.8 Å². The Morgan fingerprint density at radius 1 is 0.310 bits per heavy atom. The molecular weight excluding hydrogens is 729 g/mol. The Morgan fingerprint density at radius 2 is 0.500 bits per heavy atom. The van der Waals surface area contributed by atoms with Crippen LogP contribution >= 0.6 is 0 Å². The molecule has 8 aromatic rings. The summed E-state index contributed by atoms with van der Waals surface area (Å²) < 4.78 is 22.9. The third-order valence-corrected chi connectivity index (χ3v) is 11.4. The van der Waals surface area contributed by atoms with E-state index in [4.69, 9.17) is 18.9 Å². The van der Waals surface area contributed by atoms with E-state index in [0.29, 0.717) is 59.5 Å². The van der Waals surface area contributed by atoms with Gasteiger partial charge in [-0.2, -0.15) is 0 Å². The van der Waals surface area contributed by atoms with Crippen molar-refractivity contribution in [1.82, 2.24) is 0 Å². The summed E-state index contributed by atoms with van der Waals surface area (Å²) in [5.41, 5.74) is 1.34. The van der Waals surface area contributed by atoms with E-state index >= 15 is 0 Å². The molecule has 0 unspecified atom stereocenters. The van der Waals surface area contributed by atoms with E-state index in [2.05, 4.69) is 24.3 Å². The van der Waals surface area contributed by atoms with Crippen LogP contribution in [0.3, 0.4) is 0 Å². The van der Waals surface area contributed by atoms with Crippen molar-refractivity contribution in [3.05, 3.63) is 95.1 Å². The highest BCUT2D eigenvalue weighted by Gasteiger charge is 2.27. The standard InChI is InChI=1S/C50H48O8/c1-5-9-25-55-47(51)37-21-17-33-29-13-15-31-35-19-23-39(49(53)57-27-11-7-3)46-40(50(54)58-28-12-8-4)24-20-36(44(35)46)32-16-14-30(41(29)42(31)32)34-18-22-38(45(37)43(33)34)48(52)56-26-10-6-2/h13-24H,5-12,25-28H2,1-4H3. The van der Waals surface area contributed by atoms with E-state index in [1.807, 2.05) is 52.0 Å². The van der Waals surface area contributed by atoms with Gasteiger partial charge in [-0.05, 0) is 115 Å². The summed E-state index contributed by atoms with van der Waals surface area (Å²) in [6, 6.07) is 23.3. The quantitative estimate of drug-likeness (QED) is 0.0314. The first-order chi connectivity index (χ1) is 28.3. The molecule has 8 aromatic carbocycles. The average Bonchev–Trinajstić information content (AvgIpc) is 3.24. The van der Waals surface area contributed by atoms with Crippen molar-refractivity contribution in [2.45, 2.75) is 79.1 Å². The summed E-state index contributed by atoms with van der Waals surface area (Å²) in [4.78, 5) is 54.8. The topological polar surface area (TPSA) is 105 Å². The minimum atomic E-state index is -0.470. The summed E-state index contributed by atoms with van der Waals surface area (Å²) in [6.07, 6.45) is 6.50. The van der Waals surface area contributed by atoms with Crippen LogP contribution in [0.4, 0.5) is 0 Å². The predicted molar refractivity (Wildman–Crippen MR) is 232 cm³/mol. The van der Waals surface area contributed by atoms with E-state index in [9.17, 15) is 19.2 Å². The fourth-order valence-electron chi connectivity index (χ4n) is 8.51. The third-order valence-electron chi connectivity index (χ3n) is 11.4. The number of rotatable bonds is 16. The molecule has 0 N–H and O–H groups in total. The highest BCUT2D eigenvalue weighted by Crippen LogP contribution is 2.49. The number of carbonyl (C=O) groups excluding carboxylic acids is 4. The Kier molecular flexibility index (Phi) is 11.0. The van der Waals surface area contributed by atoms with Crippen molar-refractivity contribution >= 4 is 99.3 Å². The normalized spacial score (nSPS) is 11.9. The lowest BCUT2D eigenvalue weighted by molar-refractivity contribution is 0.0485. The van der Waals surface area contributed by atoms with Crippen LogP contribution in [0.1, 0.15) is 120 Å². The van der Waals surface area contributed by atoms with Crippen LogP contribution in [0, 0.1) is 0 Å². The Labute approximate surface area is 337 Å². The molecule has 8 heteroatoms. The first-order valence-electron chi connectivity index (χ1n) is 20.8. The zero-order valence-corrected chi connectivity index (χ0v) is 33.7. The number of benzene rings is 8. The van der Waals surface area contributed by atoms with Gasteiger partial charge in [0, 0.05) is 10.8 Å². The summed E-state index contributed by atoms with van der Waals surface area (Å²) >= 11 is 0. The Hall–Kier alpha value is -6.02. The van der Waals surface area contributed by atoms with Crippen LogP contribution in [0.5, 0.6) is 0 Å². The van der Waals surface area contributed by atoms with Crippen LogP contribution in [0.2, 0.25) is 0 Å². The molecule has 0 saturated heterocycles. The molecule has 8 nitrogen and oxygen atoms in total. The van der Waals surface area contributed by atoms with Gasteiger partial charge in [-0.3, -0.25) is 0 Å². The van der Waals surface area contributed by atoms with Crippen molar-refractivity contribution in [3.63, 3.8) is 0 Å². The SMILES string of the molecule is CCCCOC(=O)c1ccc2c3ccc4c5ccc(C(=O)OCCCC)c6c(C(=O)OCCCC)ccc(c7ccc(c8ccc(C(=O)OCCCC)c1c28)c3c47)c65. The van der Waals surface area contributed by atoms with E-state index in [-0.39, 0.29) is 0 Å². The number of esters is 4. The number of ether oxygens (including phenoxy) is 4. The Morgan fingerprint density at radius 3 is 0.707 bits per heavy atom. The molecule has 0 radical (unpaired) electrons. The maximum Gasteiger partial charge on any atom is 0.338 e. The van der Waals surface area contributed by atoms with Crippen molar-refractivity contribution in [2.75, 3.05) is 26.4 Å². The minimum Gasteiger partial charge on any atom is -0.462 e. The Balaban J connectivity index is 1.42. The predicted octanol–water partition coefficient (Wildman–Crippen LogP) is 12.5. The molecule has 0 fully saturated rings. The van der Waals surface area contributed by atoms with Crippen LogP contribution in [0.25, 0.3) is 75.4 Å². The van der Waals surface area contributed by atoms with Gasteiger partial charge in [-0.15, -0.1) is 0 Å². The molecule has 0 aromatic heterocycles. The van der Waals surface area contributed by atoms with Gasteiger partial charge in [-0.1, -0.05) is 102 Å². The molecule has 0 aliphatic heterocycles. The smallest absolute Gasteiger partial charge is 0.338 e. The first-order valence-corrected chi connectivity index (χ1v) is 20.8. The Bertz CT molecular complexity index is 2490. The second-order valence-electron chi connectivity index (χ2n) is 15.2. The summed E-state index contributed by atoms with van der Waals surface area (Å²) in [7, 11) is 0. The van der Waals surface area contributed by atoms with Gasteiger partial charge in [0.05, 0.1) is 48.7 Å². The molecule has 0 aliphatic rings. The van der Waals surface area contributed by atoms with Gasteiger partial charge in [0.15, 0.2) is 0 Å².